The molecule has 9 heteroatoms. The van der Waals surface area contributed by atoms with Crippen LogP contribution in [-0.4, -0.2) is 5.97 Å². The van der Waals surface area contributed by atoms with E-state index >= 15 is 0 Å². The number of esters is 1. The Morgan fingerprint density at radius 1 is 1.03 bits per heavy atom. The van der Waals surface area contributed by atoms with E-state index in [4.69, 9.17) is 9.47 Å². The van der Waals surface area contributed by atoms with Crippen molar-refractivity contribution in [3.63, 3.8) is 0 Å². The number of carbonyl (C=O) groups excluding carboxylic acids is 1. The molecule has 0 N–H and O–H groups in total. The Balaban J connectivity index is 1.68. The summed E-state index contributed by atoms with van der Waals surface area (Å²) in [6.45, 7) is 6.89. The molecule has 0 amide bonds. The van der Waals surface area contributed by atoms with Crippen LogP contribution >= 0.6 is 0 Å². The van der Waals surface area contributed by atoms with E-state index in [9.17, 15) is 31.1 Å². The van der Waals surface area contributed by atoms with Gasteiger partial charge in [-0.05, 0) is 73.2 Å². The highest BCUT2D eigenvalue weighted by atomic mass is 19.4. The molecular weight excluding hydrogens is 450 g/mol. The molecule has 4 rings (SSSR count). The summed E-state index contributed by atoms with van der Waals surface area (Å²) in [6.07, 6.45) is -8.99. The van der Waals surface area contributed by atoms with Crippen molar-refractivity contribution in [2.45, 2.75) is 51.8 Å². The fourth-order valence-electron chi connectivity index (χ4n) is 4.59. The minimum atomic E-state index is -4.93. The molecule has 2 atom stereocenters. The number of hydrogen-bond donors (Lipinski definition) is 0. The molecule has 3 nitrogen and oxygen atoms in total. The lowest BCUT2D eigenvalue weighted by molar-refractivity contribution is -0.143. The molecule has 1 aliphatic heterocycles. The van der Waals surface area contributed by atoms with Gasteiger partial charge in [-0.25, -0.2) is 4.79 Å². The van der Waals surface area contributed by atoms with Crippen LogP contribution in [0.2, 0.25) is 0 Å². The zero-order valence-electron chi connectivity index (χ0n) is 17.8. The van der Waals surface area contributed by atoms with Crippen molar-refractivity contribution in [1.82, 2.24) is 0 Å². The summed E-state index contributed by atoms with van der Waals surface area (Å²) >= 11 is 0. The molecule has 33 heavy (non-hydrogen) atoms. The van der Waals surface area contributed by atoms with Crippen LogP contribution < -0.4 is 4.74 Å². The van der Waals surface area contributed by atoms with Gasteiger partial charge in [0, 0.05) is 17.1 Å². The second-order valence-electron chi connectivity index (χ2n) is 8.41. The van der Waals surface area contributed by atoms with Crippen molar-refractivity contribution in [1.29, 1.82) is 0 Å². The number of hydrogen-bond acceptors (Lipinski definition) is 3. The number of aryl methyl sites for hydroxylation is 1. The maximum atomic E-state index is 13.1. The van der Waals surface area contributed by atoms with Crippen molar-refractivity contribution in [3.8, 4) is 5.75 Å². The highest BCUT2D eigenvalue weighted by Gasteiger charge is 2.44. The maximum absolute atomic E-state index is 13.1. The summed E-state index contributed by atoms with van der Waals surface area (Å²) in [7, 11) is 0. The van der Waals surface area contributed by atoms with Crippen molar-refractivity contribution < 1.29 is 40.6 Å². The molecule has 0 spiro atoms. The number of halogens is 6. The Hall–Kier alpha value is -2.97. The molecule has 176 valence electrons. The van der Waals surface area contributed by atoms with Crippen LogP contribution in [0.5, 0.6) is 5.75 Å². The Morgan fingerprint density at radius 2 is 1.64 bits per heavy atom. The minimum absolute atomic E-state index is 0.0826. The summed E-state index contributed by atoms with van der Waals surface area (Å²) in [5.41, 5.74) is 0.605. The van der Waals surface area contributed by atoms with Crippen molar-refractivity contribution in [2.75, 3.05) is 0 Å². The molecule has 0 radical (unpaired) electrons. The number of carbonyl (C=O) groups is 1. The van der Waals surface area contributed by atoms with Gasteiger partial charge in [0.25, 0.3) is 0 Å². The molecule has 0 unspecified atom stereocenters. The summed E-state index contributed by atoms with van der Waals surface area (Å²) < 4.78 is 90.0. The van der Waals surface area contributed by atoms with Gasteiger partial charge in [-0.15, -0.1) is 0 Å². The number of fused-ring (bicyclic) bond motifs is 3. The number of alkyl halides is 6. The lowest BCUT2D eigenvalue weighted by atomic mass is 9.76. The van der Waals surface area contributed by atoms with E-state index in [1.807, 2.05) is 6.92 Å². The van der Waals surface area contributed by atoms with Crippen molar-refractivity contribution >= 4 is 5.97 Å². The van der Waals surface area contributed by atoms with E-state index in [1.165, 1.54) is 0 Å². The SMILES string of the molecule is C=C1C(=O)O[C@H]2c3c(C)c(OCc4cc(C(F)(F)F)cc(C(F)(F)F)c4)cc(C)c3CC[C@@H]12. The number of rotatable bonds is 3. The van der Waals surface area contributed by atoms with Crippen molar-refractivity contribution in [3.05, 3.63) is 75.4 Å². The normalized spacial score (nSPS) is 20.4. The van der Waals surface area contributed by atoms with Gasteiger partial charge < -0.3 is 9.47 Å². The van der Waals surface area contributed by atoms with Gasteiger partial charge in [0.1, 0.15) is 18.5 Å². The quantitative estimate of drug-likeness (QED) is 0.287. The lowest BCUT2D eigenvalue weighted by Crippen LogP contribution is -2.20. The van der Waals surface area contributed by atoms with Crippen LogP contribution in [0, 0.1) is 19.8 Å². The molecule has 2 aromatic rings. The predicted molar refractivity (Wildman–Crippen MR) is 106 cm³/mol. The maximum Gasteiger partial charge on any atom is 0.416 e. The Bertz CT molecular complexity index is 1110. The largest absolute Gasteiger partial charge is 0.489 e. The van der Waals surface area contributed by atoms with Crippen LogP contribution in [0.4, 0.5) is 26.3 Å². The lowest BCUT2D eigenvalue weighted by Gasteiger charge is -2.30. The highest BCUT2D eigenvalue weighted by Crippen LogP contribution is 2.49. The van der Waals surface area contributed by atoms with E-state index in [2.05, 4.69) is 6.58 Å². The van der Waals surface area contributed by atoms with E-state index in [1.54, 1.807) is 13.0 Å². The average molecular weight is 470 g/mol. The summed E-state index contributed by atoms with van der Waals surface area (Å²) in [4.78, 5) is 12.0. The van der Waals surface area contributed by atoms with Crippen LogP contribution in [0.15, 0.2) is 36.4 Å². The molecule has 1 fully saturated rings. The van der Waals surface area contributed by atoms with Crippen LogP contribution in [-0.2, 0) is 34.9 Å². The zero-order valence-corrected chi connectivity index (χ0v) is 17.8. The third kappa shape index (κ3) is 4.20. The number of benzene rings is 2. The Kier molecular flexibility index (Phi) is 5.49. The van der Waals surface area contributed by atoms with Crippen molar-refractivity contribution in [2.24, 2.45) is 5.92 Å². The summed E-state index contributed by atoms with van der Waals surface area (Å²) in [5.74, 6) is -0.326. The molecule has 0 bridgehead atoms. The number of ether oxygens (including phenoxy) is 2. The minimum Gasteiger partial charge on any atom is -0.489 e. The van der Waals surface area contributed by atoms with E-state index in [0.29, 0.717) is 41.9 Å². The molecular formula is C24H20F6O3. The topological polar surface area (TPSA) is 35.5 Å². The Morgan fingerprint density at radius 3 is 2.21 bits per heavy atom. The first kappa shape index (κ1) is 23.2. The third-order valence-electron chi connectivity index (χ3n) is 6.26. The molecule has 2 aliphatic rings. The van der Waals surface area contributed by atoms with Gasteiger partial charge in [0.2, 0.25) is 0 Å². The first-order chi connectivity index (χ1) is 15.3. The molecule has 0 saturated carbocycles. The standard InChI is InChI=1S/C24H20F6O3/c1-11-6-19(13(3)20-17(11)4-5-18-12(2)22(31)33-21(18)20)32-10-14-7-15(23(25,26)27)9-16(8-14)24(28,29)30/h6-9,18,21H,2,4-5,10H2,1,3H3/t18-,21+/m0/s1. The fraction of sp³-hybridized carbons (Fsp3) is 0.375. The fourth-order valence-corrected chi connectivity index (χ4v) is 4.59. The van der Waals surface area contributed by atoms with E-state index in [-0.39, 0.29) is 17.5 Å². The second kappa shape index (κ2) is 7.81. The molecule has 1 saturated heterocycles. The predicted octanol–water partition coefficient (Wildman–Crippen LogP) is 6.64. The van der Waals surface area contributed by atoms with Crippen LogP contribution in [0.3, 0.4) is 0 Å². The monoisotopic (exact) mass is 470 g/mol. The molecule has 2 aromatic carbocycles. The average Bonchev–Trinajstić information content (AvgIpc) is 3.01. The van der Waals surface area contributed by atoms with Gasteiger partial charge in [-0.2, -0.15) is 26.3 Å². The third-order valence-corrected chi connectivity index (χ3v) is 6.26. The second-order valence-corrected chi connectivity index (χ2v) is 8.41. The Labute approximate surface area is 186 Å². The van der Waals surface area contributed by atoms with Crippen LogP contribution in [0.25, 0.3) is 0 Å². The summed E-state index contributed by atoms with van der Waals surface area (Å²) in [6, 6.07) is 3.08. The van der Waals surface area contributed by atoms with Gasteiger partial charge in [-0.1, -0.05) is 6.58 Å². The molecule has 0 aromatic heterocycles. The molecule has 1 aliphatic carbocycles. The smallest absolute Gasteiger partial charge is 0.416 e. The van der Waals surface area contributed by atoms with Gasteiger partial charge >= 0.3 is 18.3 Å². The highest BCUT2D eigenvalue weighted by molar-refractivity contribution is 5.91. The summed E-state index contributed by atoms with van der Waals surface area (Å²) in [5, 5.41) is 0. The van der Waals surface area contributed by atoms with Gasteiger partial charge in [0.05, 0.1) is 11.1 Å². The zero-order chi connectivity index (χ0) is 24.3. The van der Waals surface area contributed by atoms with E-state index in [0.717, 1.165) is 16.7 Å². The van der Waals surface area contributed by atoms with E-state index < -0.39 is 42.2 Å². The van der Waals surface area contributed by atoms with Gasteiger partial charge in [-0.3, -0.25) is 0 Å². The molecule has 1 heterocycles. The first-order valence-corrected chi connectivity index (χ1v) is 10.2. The first-order valence-electron chi connectivity index (χ1n) is 10.2. The van der Waals surface area contributed by atoms with Gasteiger partial charge in [0.15, 0.2) is 0 Å². The van der Waals surface area contributed by atoms with Crippen LogP contribution in [0.1, 0.15) is 51.5 Å².